The van der Waals surface area contributed by atoms with Crippen LogP contribution in [0.1, 0.15) is 22.3 Å². The summed E-state index contributed by atoms with van der Waals surface area (Å²) in [5.74, 6) is 1.81. The molecule has 4 heterocycles. The van der Waals surface area contributed by atoms with Crippen LogP contribution in [-0.4, -0.2) is 19.4 Å². The standard InChI is InChI=1S/C70H40N4O/c1-3-16-41(17-4-1)45-36-46(42-18-5-2-6-19-42)38-47(37-45)69-72-67(43-31-34-61-55(39-43)54-33-35-63-65-64-53(24-15-29-62(64)75-63)52-23-10-14-28-60(52)74(61)66(54)65)71-68(73-69)44-30-32-51-50-22-9-13-27-58(50)70(59(51)40-44)56-25-11-7-20-48(56)49-21-8-12-26-57(49)70/h1-40H. The third kappa shape index (κ3) is 5.53. The Balaban J connectivity index is 0.934. The molecule has 4 aromatic heterocycles. The second-order valence-corrected chi connectivity index (χ2v) is 20.2. The summed E-state index contributed by atoms with van der Waals surface area (Å²) in [6.45, 7) is 0. The van der Waals surface area contributed by atoms with Crippen molar-refractivity contribution in [2.45, 2.75) is 5.41 Å². The van der Waals surface area contributed by atoms with E-state index in [4.69, 9.17) is 19.4 Å². The monoisotopic (exact) mass is 952 g/mol. The van der Waals surface area contributed by atoms with Crippen molar-refractivity contribution in [1.29, 1.82) is 0 Å². The summed E-state index contributed by atoms with van der Waals surface area (Å²) in [4.78, 5) is 16.6. The average Bonchev–Trinajstić information content (AvgIpc) is 4.19. The number of hydrogen-bond donors (Lipinski definition) is 0. The molecule has 17 rings (SSSR count). The fourth-order valence-corrected chi connectivity index (χ4v) is 13.3. The van der Waals surface area contributed by atoms with Crippen LogP contribution in [0.5, 0.6) is 0 Å². The maximum Gasteiger partial charge on any atom is 0.164 e. The topological polar surface area (TPSA) is 56.2 Å². The molecule has 2 aliphatic carbocycles. The Bertz CT molecular complexity index is 4760. The van der Waals surface area contributed by atoms with Gasteiger partial charge in [0, 0.05) is 38.2 Å². The summed E-state index contributed by atoms with van der Waals surface area (Å²) in [5.41, 5.74) is 21.9. The first-order valence-corrected chi connectivity index (χ1v) is 25.7. The number of hydrogen-bond acceptors (Lipinski definition) is 4. The zero-order valence-electron chi connectivity index (χ0n) is 40.3. The van der Waals surface area contributed by atoms with Crippen molar-refractivity contribution >= 4 is 60.0 Å². The Morgan fingerprint density at radius 2 is 0.800 bits per heavy atom. The number of aromatic nitrogens is 4. The van der Waals surface area contributed by atoms with Gasteiger partial charge in [0.1, 0.15) is 11.2 Å². The molecule has 5 nitrogen and oxygen atoms in total. The molecule has 11 aromatic carbocycles. The highest BCUT2D eigenvalue weighted by Gasteiger charge is 2.51. The van der Waals surface area contributed by atoms with Crippen LogP contribution in [0, 0.1) is 0 Å². The molecule has 0 atom stereocenters. The minimum absolute atomic E-state index is 0.518. The third-order valence-corrected chi connectivity index (χ3v) is 16.4. The Labute approximate surface area is 430 Å². The predicted octanol–water partition coefficient (Wildman–Crippen LogP) is 17.6. The van der Waals surface area contributed by atoms with Crippen molar-refractivity contribution in [2.24, 2.45) is 0 Å². The first-order valence-electron chi connectivity index (χ1n) is 25.7. The largest absolute Gasteiger partial charge is 0.456 e. The van der Waals surface area contributed by atoms with E-state index in [9.17, 15) is 0 Å². The molecule has 0 unspecified atom stereocenters. The van der Waals surface area contributed by atoms with Crippen LogP contribution in [0.4, 0.5) is 0 Å². The van der Waals surface area contributed by atoms with Gasteiger partial charge in [0.25, 0.3) is 0 Å². The molecule has 0 bridgehead atoms. The lowest BCUT2D eigenvalue weighted by atomic mass is 9.70. The molecule has 75 heavy (non-hydrogen) atoms. The number of rotatable bonds is 5. The van der Waals surface area contributed by atoms with E-state index in [1.165, 1.54) is 55.3 Å². The Morgan fingerprint density at radius 1 is 0.293 bits per heavy atom. The lowest BCUT2D eigenvalue weighted by Gasteiger charge is -2.30. The molecule has 0 N–H and O–H groups in total. The van der Waals surface area contributed by atoms with Gasteiger partial charge in [0.2, 0.25) is 0 Å². The Kier molecular flexibility index (Phi) is 8.15. The lowest BCUT2D eigenvalue weighted by molar-refractivity contribution is 0.669. The van der Waals surface area contributed by atoms with Crippen LogP contribution in [0.25, 0.3) is 139 Å². The fourth-order valence-electron chi connectivity index (χ4n) is 13.3. The Hall–Kier alpha value is -9.97. The van der Waals surface area contributed by atoms with Gasteiger partial charge in [-0.05, 0) is 139 Å². The van der Waals surface area contributed by atoms with Crippen LogP contribution in [0.2, 0.25) is 0 Å². The van der Waals surface area contributed by atoms with E-state index in [0.29, 0.717) is 17.5 Å². The van der Waals surface area contributed by atoms with Gasteiger partial charge in [0.05, 0.1) is 27.4 Å². The SMILES string of the molecule is c1ccc(-c2cc(-c3ccccc3)cc(-c3nc(-c4ccc5c(c4)C4(c6ccccc6-c6ccccc64)c4ccccc4-5)nc(-c4ccc5c(c4)c4ccc6oc7cccc8c9ccccc9n5c4c6c78)n3)c2)cc1. The minimum Gasteiger partial charge on any atom is -0.456 e. The van der Waals surface area contributed by atoms with E-state index >= 15 is 0 Å². The summed E-state index contributed by atoms with van der Waals surface area (Å²) in [6, 6.07) is 87.9. The number of para-hydroxylation sites is 1. The molecule has 15 aromatic rings. The average molecular weight is 953 g/mol. The van der Waals surface area contributed by atoms with E-state index in [1.54, 1.807) is 0 Å². The zero-order chi connectivity index (χ0) is 48.9. The highest BCUT2D eigenvalue weighted by atomic mass is 16.3. The molecule has 5 heteroatoms. The van der Waals surface area contributed by atoms with Gasteiger partial charge >= 0.3 is 0 Å². The van der Waals surface area contributed by atoms with Gasteiger partial charge in [-0.15, -0.1) is 0 Å². The van der Waals surface area contributed by atoms with Crippen LogP contribution in [0.3, 0.4) is 0 Å². The van der Waals surface area contributed by atoms with Crippen molar-refractivity contribution in [2.75, 3.05) is 0 Å². The summed E-state index contributed by atoms with van der Waals surface area (Å²) in [7, 11) is 0. The number of fused-ring (bicyclic) bond motifs is 16. The van der Waals surface area contributed by atoms with Crippen molar-refractivity contribution < 1.29 is 4.42 Å². The lowest BCUT2D eigenvalue weighted by Crippen LogP contribution is -2.25. The van der Waals surface area contributed by atoms with Crippen molar-refractivity contribution in [3.05, 3.63) is 265 Å². The van der Waals surface area contributed by atoms with Crippen molar-refractivity contribution in [3.8, 4) is 78.7 Å². The number of benzene rings is 11. The van der Waals surface area contributed by atoms with E-state index in [2.05, 4.69) is 247 Å². The van der Waals surface area contributed by atoms with Gasteiger partial charge in [-0.1, -0.05) is 176 Å². The second kappa shape index (κ2) is 15.0. The minimum atomic E-state index is -0.518. The van der Waals surface area contributed by atoms with Gasteiger partial charge in [-0.25, -0.2) is 15.0 Å². The van der Waals surface area contributed by atoms with Crippen molar-refractivity contribution in [1.82, 2.24) is 19.4 Å². The van der Waals surface area contributed by atoms with E-state index in [-0.39, 0.29) is 0 Å². The van der Waals surface area contributed by atoms with Crippen molar-refractivity contribution in [3.63, 3.8) is 0 Å². The fraction of sp³-hybridized carbons (Fsp3) is 0.0143. The normalized spacial score (nSPS) is 13.2. The summed E-state index contributed by atoms with van der Waals surface area (Å²) in [6.07, 6.45) is 0. The maximum atomic E-state index is 6.59. The summed E-state index contributed by atoms with van der Waals surface area (Å²) >= 11 is 0. The molecule has 0 aliphatic heterocycles. The predicted molar refractivity (Wildman–Crippen MR) is 305 cm³/mol. The highest BCUT2D eigenvalue weighted by molar-refractivity contribution is 6.31. The molecule has 2 aliphatic rings. The van der Waals surface area contributed by atoms with E-state index < -0.39 is 5.41 Å². The highest BCUT2D eigenvalue weighted by Crippen LogP contribution is 2.63. The molecule has 0 saturated carbocycles. The summed E-state index contributed by atoms with van der Waals surface area (Å²) in [5, 5.41) is 6.90. The third-order valence-electron chi connectivity index (χ3n) is 16.4. The van der Waals surface area contributed by atoms with Gasteiger partial charge < -0.3 is 8.82 Å². The molecule has 0 saturated heterocycles. The molecular weight excluding hydrogens is 913 g/mol. The smallest absolute Gasteiger partial charge is 0.164 e. The molecule has 0 fully saturated rings. The molecule has 0 amide bonds. The molecule has 1 spiro atoms. The number of furan rings is 1. The zero-order valence-corrected chi connectivity index (χ0v) is 40.3. The van der Waals surface area contributed by atoms with Gasteiger partial charge in [-0.3, -0.25) is 0 Å². The second-order valence-electron chi connectivity index (χ2n) is 20.2. The first kappa shape index (κ1) is 40.6. The van der Waals surface area contributed by atoms with Crippen LogP contribution >= 0.6 is 0 Å². The quantitative estimate of drug-likeness (QED) is 0.172. The molecule has 346 valence electrons. The van der Waals surface area contributed by atoms with Gasteiger partial charge in [-0.2, -0.15) is 0 Å². The van der Waals surface area contributed by atoms with Gasteiger partial charge in [0.15, 0.2) is 17.5 Å². The first-order chi connectivity index (χ1) is 37.2. The number of nitrogens with zero attached hydrogens (tertiary/aromatic N) is 4. The summed E-state index contributed by atoms with van der Waals surface area (Å²) < 4.78 is 9.02. The van der Waals surface area contributed by atoms with Crippen LogP contribution in [-0.2, 0) is 5.41 Å². The molecular formula is C70H40N4O. The van der Waals surface area contributed by atoms with Crippen LogP contribution < -0.4 is 0 Å². The molecule has 0 radical (unpaired) electrons. The Morgan fingerprint density at radius 3 is 1.47 bits per heavy atom. The van der Waals surface area contributed by atoms with E-state index in [0.717, 1.165) is 88.2 Å². The van der Waals surface area contributed by atoms with E-state index in [1.807, 2.05) is 0 Å². The maximum absolute atomic E-state index is 6.59. The van der Waals surface area contributed by atoms with Crippen LogP contribution in [0.15, 0.2) is 247 Å².